The van der Waals surface area contributed by atoms with Crippen molar-refractivity contribution in [2.75, 3.05) is 21.1 Å². The van der Waals surface area contributed by atoms with Crippen molar-refractivity contribution in [3.8, 4) is 0 Å². The number of benzene rings is 1. The number of piperidine rings is 1. The second-order valence-corrected chi connectivity index (χ2v) is 10.2. The van der Waals surface area contributed by atoms with Gasteiger partial charge >= 0.3 is 6.09 Å². The Bertz CT molecular complexity index is 829. The molecule has 186 valence electrons. The van der Waals surface area contributed by atoms with Crippen LogP contribution in [0.2, 0.25) is 0 Å². The summed E-state index contributed by atoms with van der Waals surface area (Å²) in [5.74, 6) is 0.538. The molecule has 1 amide bonds. The summed E-state index contributed by atoms with van der Waals surface area (Å²) in [6, 6.07) is 5.87. The van der Waals surface area contributed by atoms with Crippen molar-refractivity contribution in [1.29, 1.82) is 0 Å². The lowest BCUT2D eigenvalue weighted by Crippen LogP contribution is -2.54. The summed E-state index contributed by atoms with van der Waals surface area (Å²) >= 11 is 0. The number of hydrogen-bond acceptors (Lipinski definition) is 4. The number of amides is 1. The molecule has 2 fully saturated rings. The van der Waals surface area contributed by atoms with Crippen molar-refractivity contribution in [3.63, 3.8) is 0 Å². The van der Waals surface area contributed by atoms with E-state index in [4.69, 9.17) is 4.74 Å². The Balaban J connectivity index is 0.00000385. The predicted octanol–water partition coefficient (Wildman–Crippen LogP) is 4.10. The van der Waals surface area contributed by atoms with E-state index in [0.717, 1.165) is 37.2 Å². The molecule has 9 heteroatoms. The van der Waals surface area contributed by atoms with Gasteiger partial charge in [0.05, 0.1) is 0 Å². The van der Waals surface area contributed by atoms with E-state index in [1.165, 1.54) is 6.07 Å². The molecule has 0 aromatic heterocycles. The monoisotopic (exact) mass is 575 g/mol. The smallest absolute Gasteiger partial charge is 0.410 e. The highest BCUT2D eigenvalue weighted by Crippen LogP contribution is 2.36. The highest BCUT2D eigenvalue weighted by molar-refractivity contribution is 14.0. The van der Waals surface area contributed by atoms with Crippen LogP contribution in [-0.2, 0) is 17.8 Å². The fourth-order valence-corrected chi connectivity index (χ4v) is 4.68. The topological polar surface area (TPSA) is 69.2 Å². The van der Waals surface area contributed by atoms with Gasteiger partial charge in [-0.3, -0.25) is 4.99 Å². The van der Waals surface area contributed by atoms with Crippen molar-refractivity contribution in [2.45, 2.75) is 83.3 Å². The third kappa shape index (κ3) is 7.70. The first-order chi connectivity index (χ1) is 15.1. The van der Waals surface area contributed by atoms with E-state index in [2.05, 4.69) is 15.6 Å². The quantitative estimate of drug-likeness (QED) is 0.315. The number of aliphatic imine (C=N–C) groups is 1. The van der Waals surface area contributed by atoms with Gasteiger partial charge in [-0.15, -0.1) is 24.0 Å². The molecule has 2 N–H and O–H groups in total. The van der Waals surface area contributed by atoms with Gasteiger partial charge in [-0.1, -0.05) is 6.07 Å². The van der Waals surface area contributed by atoms with E-state index >= 15 is 0 Å². The minimum absolute atomic E-state index is 0. The largest absolute Gasteiger partial charge is 0.444 e. The summed E-state index contributed by atoms with van der Waals surface area (Å²) in [7, 11) is 5.61. The highest BCUT2D eigenvalue weighted by Gasteiger charge is 2.45. The summed E-state index contributed by atoms with van der Waals surface area (Å²) in [4.78, 5) is 20.9. The number of ether oxygens (including phenoxy) is 1. The van der Waals surface area contributed by atoms with Crippen LogP contribution in [0.1, 0.15) is 57.6 Å². The first-order valence-corrected chi connectivity index (χ1v) is 11.5. The minimum atomic E-state index is -0.482. The van der Waals surface area contributed by atoms with Crippen LogP contribution in [0.25, 0.3) is 0 Å². The lowest BCUT2D eigenvalue weighted by Gasteiger charge is -2.40. The Hall–Kier alpha value is -1.62. The molecule has 2 heterocycles. The third-order valence-corrected chi connectivity index (χ3v) is 5.96. The summed E-state index contributed by atoms with van der Waals surface area (Å²) < 4.78 is 19.7. The molecule has 2 aliphatic heterocycles. The van der Waals surface area contributed by atoms with Crippen molar-refractivity contribution in [3.05, 3.63) is 35.1 Å². The van der Waals surface area contributed by atoms with Crippen LogP contribution in [0.4, 0.5) is 9.18 Å². The number of carbonyl (C=O) groups is 1. The average molecular weight is 576 g/mol. The molecular formula is C24H39FIN5O2. The van der Waals surface area contributed by atoms with Gasteiger partial charge in [0.1, 0.15) is 11.4 Å². The summed E-state index contributed by atoms with van der Waals surface area (Å²) in [5.41, 5.74) is 1.21. The summed E-state index contributed by atoms with van der Waals surface area (Å²) in [5, 5.41) is 6.87. The lowest BCUT2D eigenvalue weighted by molar-refractivity contribution is 0.00545. The van der Waals surface area contributed by atoms with E-state index in [1.807, 2.05) is 50.7 Å². The molecule has 2 atom stereocenters. The summed E-state index contributed by atoms with van der Waals surface area (Å²) in [6.45, 7) is 6.83. The third-order valence-electron chi connectivity index (χ3n) is 5.96. The van der Waals surface area contributed by atoms with Gasteiger partial charge < -0.3 is 25.2 Å². The number of rotatable bonds is 5. The van der Waals surface area contributed by atoms with Crippen molar-refractivity contribution in [2.24, 2.45) is 4.99 Å². The van der Waals surface area contributed by atoms with E-state index in [0.29, 0.717) is 18.7 Å². The maximum absolute atomic E-state index is 14.0. The molecular weight excluding hydrogens is 536 g/mol. The zero-order chi connectivity index (χ0) is 23.5. The zero-order valence-electron chi connectivity index (χ0n) is 20.7. The standard InChI is InChI=1S/C24H38FN5O2.HI/c1-24(2,3)32-23(31)30-19-8-9-20(30)13-18(12-19)28-22(26-4)27-14-16-7-10-21(25)17(11-16)15-29(5)6;/h7,10-11,18-20H,8-9,12-15H2,1-6H3,(H2,26,27,28);1H. The molecule has 0 radical (unpaired) electrons. The van der Waals surface area contributed by atoms with Gasteiger partial charge in [0.25, 0.3) is 0 Å². The van der Waals surface area contributed by atoms with Crippen LogP contribution in [0, 0.1) is 5.82 Å². The van der Waals surface area contributed by atoms with Crippen molar-refractivity contribution >= 4 is 36.0 Å². The molecule has 3 rings (SSSR count). The van der Waals surface area contributed by atoms with E-state index < -0.39 is 5.60 Å². The molecule has 0 saturated carbocycles. The number of hydrogen-bond donors (Lipinski definition) is 2. The van der Waals surface area contributed by atoms with Gasteiger partial charge in [-0.05, 0) is 78.2 Å². The van der Waals surface area contributed by atoms with Gasteiger partial charge in [-0.25, -0.2) is 9.18 Å². The number of fused-ring (bicyclic) bond motifs is 2. The van der Waals surface area contributed by atoms with Crippen LogP contribution in [-0.4, -0.2) is 66.7 Å². The average Bonchev–Trinajstić information content (AvgIpc) is 2.96. The number of guanidine groups is 1. The molecule has 2 saturated heterocycles. The van der Waals surface area contributed by atoms with Crippen LogP contribution in [0.15, 0.2) is 23.2 Å². The number of carbonyl (C=O) groups excluding carboxylic acids is 1. The predicted molar refractivity (Wildman–Crippen MR) is 140 cm³/mol. The molecule has 33 heavy (non-hydrogen) atoms. The second-order valence-electron chi connectivity index (χ2n) is 10.2. The number of nitrogens with zero attached hydrogens (tertiary/aromatic N) is 3. The van der Waals surface area contributed by atoms with E-state index in [9.17, 15) is 9.18 Å². The molecule has 0 aliphatic carbocycles. The molecule has 2 unspecified atom stereocenters. The van der Waals surface area contributed by atoms with Gasteiger partial charge in [0, 0.05) is 43.8 Å². The maximum atomic E-state index is 14.0. The second kappa shape index (κ2) is 11.7. The number of nitrogens with one attached hydrogen (secondary N) is 2. The fraction of sp³-hybridized carbons (Fsp3) is 0.667. The Morgan fingerprint density at radius 2 is 1.88 bits per heavy atom. The van der Waals surface area contributed by atoms with Crippen molar-refractivity contribution in [1.82, 2.24) is 20.4 Å². The SMILES string of the molecule is CN=C(NCc1ccc(F)c(CN(C)C)c1)NC1CC2CCC(C1)N2C(=O)OC(C)(C)C.I. The first-order valence-electron chi connectivity index (χ1n) is 11.5. The normalized spacial score (nSPS) is 22.7. The molecule has 2 aliphatic rings. The first kappa shape index (κ1) is 27.6. The Morgan fingerprint density at radius 1 is 1.24 bits per heavy atom. The van der Waals surface area contributed by atoms with Crippen molar-refractivity contribution < 1.29 is 13.9 Å². The minimum Gasteiger partial charge on any atom is -0.444 e. The van der Waals surface area contributed by atoms with Crippen LogP contribution >= 0.6 is 24.0 Å². The highest BCUT2D eigenvalue weighted by atomic mass is 127. The zero-order valence-corrected chi connectivity index (χ0v) is 23.0. The van der Waals surface area contributed by atoms with Gasteiger partial charge in [-0.2, -0.15) is 0 Å². The Kier molecular flexibility index (Phi) is 9.78. The summed E-state index contributed by atoms with van der Waals surface area (Å²) in [6.07, 6.45) is 3.58. The van der Waals surface area contributed by atoms with E-state index in [-0.39, 0.29) is 54.0 Å². The van der Waals surface area contributed by atoms with Crippen LogP contribution in [0.3, 0.4) is 0 Å². The van der Waals surface area contributed by atoms with Crippen LogP contribution in [0.5, 0.6) is 0 Å². The molecule has 1 aromatic carbocycles. The fourth-order valence-electron chi connectivity index (χ4n) is 4.68. The lowest BCUT2D eigenvalue weighted by atomic mass is 9.98. The van der Waals surface area contributed by atoms with E-state index in [1.54, 1.807) is 13.1 Å². The Morgan fingerprint density at radius 3 is 2.42 bits per heavy atom. The molecule has 0 spiro atoms. The van der Waals surface area contributed by atoms with Gasteiger partial charge in [0.15, 0.2) is 5.96 Å². The Labute approximate surface area is 214 Å². The maximum Gasteiger partial charge on any atom is 0.410 e. The van der Waals surface area contributed by atoms with Crippen LogP contribution < -0.4 is 10.6 Å². The molecule has 2 bridgehead atoms. The van der Waals surface area contributed by atoms with Gasteiger partial charge in [0.2, 0.25) is 0 Å². The molecule has 1 aromatic rings. The number of halogens is 2. The molecule has 7 nitrogen and oxygen atoms in total.